The molecule has 0 amide bonds. The Labute approximate surface area is 105 Å². The molecule has 1 aromatic carbocycles. The third-order valence-corrected chi connectivity index (χ3v) is 3.34. The number of fused-ring (bicyclic) bond motifs is 1. The normalized spacial score (nSPS) is 18.2. The van der Waals surface area contributed by atoms with Gasteiger partial charge in [-0.3, -0.25) is 0 Å². The predicted molar refractivity (Wildman–Crippen MR) is 71.7 cm³/mol. The molecule has 0 aliphatic carbocycles. The first-order valence-electron chi connectivity index (χ1n) is 5.91. The first-order chi connectivity index (χ1) is 8.81. The Morgan fingerprint density at radius 2 is 2.11 bits per heavy atom. The highest BCUT2D eigenvalue weighted by Crippen LogP contribution is 2.34. The van der Waals surface area contributed by atoms with Crippen LogP contribution in [0.1, 0.15) is 17.2 Å². The van der Waals surface area contributed by atoms with Crippen molar-refractivity contribution < 1.29 is 0 Å². The van der Waals surface area contributed by atoms with Gasteiger partial charge in [0.2, 0.25) is 0 Å². The summed E-state index contributed by atoms with van der Waals surface area (Å²) < 4.78 is 0. The van der Waals surface area contributed by atoms with Crippen LogP contribution in [0.5, 0.6) is 0 Å². The minimum Gasteiger partial charge on any atom is -0.367 e. The van der Waals surface area contributed by atoms with Crippen LogP contribution in [0.15, 0.2) is 48.3 Å². The van der Waals surface area contributed by atoms with Crippen molar-refractivity contribution in [3.63, 3.8) is 0 Å². The maximum absolute atomic E-state index is 9.22. The van der Waals surface area contributed by atoms with Crippen LogP contribution in [0, 0.1) is 18.3 Å². The van der Waals surface area contributed by atoms with Gasteiger partial charge in [0.05, 0.1) is 11.6 Å². The number of dihydropyridines is 1. The molecule has 1 aromatic heterocycles. The summed E-state index contributed by atoms with van der Waals surface area (Å²) in [5.41, 5.74) is 4.17. The van der Waals surface area contributed by atoms with Gasteiger partial charge in [0.25, 0.3) is 0 Å². The smallest absolute Gasteiger partial charge is 0.0972 e. The summed E-state index contributed by atoms with van der Waals surface area (Å²) in [5, 5.41) is 13.4. The van der Waals surface area contributed by atoms with Gasteiger partial charge in [-0.15, -0.1) is 0 Å². The summed E-state index contributed by atoms with van der Waals surface area (Å²) in [6.45, 7) is 2.06. The average molecular weight is 235 g/mol. The number of hydrogen-bond donors (Lipinski definition) is 2. The van der Waals surface area contributed by atoms with Crippen molar-refractivity contribution >= 4 is 10.9 Å². The molecule has 1 aliphatic heterocycles. The molecule has 0 saturated carbocycles. The number of aryl methyl sites for hydroxylation is 1. The van der Waals surface area contributed by atoms with Crippen molar-refractivity contribution in [1.82, 2.24) is 10.3 Å². The molecule has 2 heterocycles. The number of hydrogen-bond acceptors (Lipinski definition) is 2. The molecule has 2 aromatic rings. The number of nitrogens with zero attached hydrogens (tertiary/aromatic N) is 1. The van der Waals surface area contributed by atoms with Gasteiger partial charge in [0.1, 0.15) is 0 Å². The highest BCUT2D eigenvalue weighted by Gasteiger charge is 2.21. The molecule has 0 spiro atoms. The number of allylic oxidation sites excluding steroid dienone is 2. The lowest BCUT2D eigenvalue weighted by Gasteiger charge is -2.16. The van der Waals surface area contributed by atoms with Crippen LogP contribution in [0.25, 0.3) is 10.9 Å². The number of rotatable bonds is 1. The highest BCUT2D eigenvalue weighted by atomic mass is 14.8. The molecular formula is C15H13N3. The second kappa shape index (κ2) is 4.08. The van der Waals surface area contributed by atoms with Crippen molar-refractivity contribution in [2.45, 2.75) is 12.8 Å². The summed E-state index contributed by atoms with van der Waals surface area (Å²) in [7, 11) is 0. The Hall–Kier alpha value is -2.47. The van der Waals surface area contributed by atoms with Gasteiger partial charge in [-0.2, -0.15) is 5.26 Å². The molecule has 1 unspecified atom stereocenters. The molecule has 0 fully saturated rings. The first-order valence-corrected chi connectivity index (χ1v) is 5.91. The van der Waals surface area contributed by atoms with Crippen LogP contribution in [-0.4, -0.2) is 4.98 Å². The number of nitriles is 1. The van der Waals surface area contributed by atoms with Crippen LogP contribution in [0.3, 0.4) is 0 Å². The standard InChI is InChI=1S/C15H13N3/c1-10-15(12-6-7-17-9-11(12)8-16)13-4-2-3-5-14(13)18-10/h2-7,9,12,17-18H,1H3. The van der Waals surface area contributed by atoms with Gasteiger partial charge in [0, 0.05) is 28.7 Å². The SMILES string of the molecule is Cc1[nH]c2ccccc2c1C1C=CNC=C1C#N. The summed E-state index contributed by atoms with van der Waals surface area (Å²) in [6, 6.07) is 10.5. The lowest BCUT2D eigenvalue weighted by atomic mass is 9.89. The Balaban J connectivity index is 2.23. The largest absolute Gasteiger partial charge is 0.367 e. The quantitative estimate of drug-likeness (QED) is 0.798. The van der Waals surface area contributed by atoms with Crippen LogP contribution in [0.4, 0.5) is 0 Å². The summed E-state index contributed by atoms with van der Waals surface area (Å²) >= 11 is 0. The van der Waals surface area contributed by atoms with E-state index in [-0.39, 0.29) is 5.92 Å². The number of nitrogens with one attached hydrogen (secondary N) is 2. The highest BCUT2D eigenvalue weighted by molar-refractivity contribution is 5.86. The van der Waals surface area contributed by atoms with Gasteiger partial charge < -0.3 is 10.3 Å². The Morgan fingerprint density at radius 1 is 1.28 bits per heavy atom. The maximum Gasteiger partial charge on any atom is 0.0972 e. The van der Waals surface area contributed by atoms with E-state index in [0.29, 0.717) is 0 Å². The van der Waals surface area contributed by atoms with E-state index in [4.69, 9.17) is 0 Å². The second-order valence-electron chi connectivity index (χ2n) is 4.42. The molecule has 0 radical (unpaired) electrons. The number of para-hydroxylation sites is 1. The van der Waals surface area contributed by atoms with E-state index >= 15 is 0 Å². The summed E-state index contributed by atoms with van der Waals surface area (Å²) in [5.74, 6) is 0.0346. The predicted octanol–water partition coefficient (Wildman–Crippen LogP) is 3.08. The molecule has 3 rings (SSSR count). The summed E-state index contributed by atoms with van der Waals surface area (Å²) in [6.07, 6.45) is 5.68. The zero-order chi connectivity index (χ0) is 12.5. The lowest BCUT2D eigenvalue weighted by molar-refractivity contribution is 0.946. The van der Waals surface area contributed by atoms with Crippen molar-refractivity contribution in [3.05, 3.63) is 59.6 Å². The van der Waals surface area contributed by atoms with Crippen molar-refractivity contribution in [2.75, 3.05) is 0 Å². The fourth-order valence-corrected chi connectivity index (χ4v) is 2.54. The van der Waals surface area contributed by atoms with Crippen LogP contribution >= 0.6 is 0 Å². The monoisotopic (exact) mass is 235 g/mol. The van der Waals surface area contributed by atoms with Gasteiger partial charge in [0.15, 0.2) is 0 Å². The average Bonchev–Trinajstić information content (AvgIpc) is 2.74. The molecule has 0 saturated heterocycles. The molecular weight excluding hydrogens is 222 g/mol. The van der Waals surface area contributed by atoms with E-state index in [2.05, 4.69) is 35.4 Å². The Bertz CT molecular complexity index is 698. The van der Waals surface area contributed by atoms with E-state index < -0.39 is 0 Å². The van der Waals surface area contributed by atoms with E-state index in [1.165, 1.54) is 10.9 Å². The maximum atomic E-state index is 9.22. The number of H-pyrrole nitrogens is 1. The van der Waals surface area contributed by atoms with Gasteiger partial charge >= 0.3 is 0 Å². The minimum absolute atomic E-state index is 0.0346. The topological polar surface area (TPSA) is 51.6 Å². The molecule has 3 heteroatoms. The van der Waals surface area contributed by atoms with Gasteiger partial charge in [-0.05, 0) is 24.8 Å². The molecule has 0 bridgehead atoms. The fraction of sp³-hybridized carbons (Fsp3) is 0.133. The van der Waals surface area contributed by atoms with Crippen molar-refractivity contribution in [1.29, 1.82) is 5.26 Å². The zero-order valence-corrected chi connectivity index (χ0v) is 10.1. The van der Waals surface area contributed by atoms with E-state index in [1.54, 1.807) is 6.20 Å². The first kappa shape index (κ1) is 10.7. The minimum atomic E-state index is 0.0346. The second-order valence-corrected chi connectivity index (χ2v) is 4.42. The summed E-state index contributed by atoms with van der Waals surface area (Å²) in [4.78, 5) is 3.38. The van der Waals surface area contributed by atoms with Gasteiger partial charge in [-0.25, -0.2) is 0 Å². The molecule has 18 heavy (non-hydrogen) atoms. The molecule has 3 nitrogen and oxygen atoms in total. The van der Waals surface area contributed by atoms with Crippen molar-refractivity contribution in [3.8, 4) is 6.07 Å². The molecule has 1 atom stereocenters. The van der Waals surface area contributed by atoms with Crippen LogP contribution in [-0.2, 0) is 0 Å². The number of aromatic amines is 1. The van der Waals surface area contributed by atoms with Crippen LogP contribution in [0.2, 0.25) is 0 Å². The molecule has 1 aliphatic rings. The third-order valence-electron chi connectivity index (χ3n) is 3.34. The zero-order valence-electron chi connectivity index (χ0n) is 10.1. The molecule has 2 N–H and O–H groups in total. The Kier molecular flexibility index (Phi) is 2.42. The van der Waals surface area contributed by atoms with E-state index in [1.807, 2.05) is 24.4 Å². The lowest BCUT2D eigenvalue weighted by Crippen LogP contribution is -2.09. The number of benzene rings is 1. The van der Waals surface area contributed by atoms with Gasteiger partial charge in [-0.1, -0.05) is 24.3 Å². The van der Waals surface area contributed by atoms with E-state index in [0.717, 1.165) is 16.8 Å². The molecule has 88 valence electrons. The van der Waals surface area contributed by atoms with E-state index in [9.17, 15) is 5.26 Å². The fourth-order valence-electron chi connectivity index (χ4n) is 2.54. The van der Waals surface area contributed by atoms with Crippen LogP contribution < -0.4 is 5.32 Å². The Morgan fingerprint density at radius 3 is 2.94 bits per heavy atom. The number of aromatic nitrogens is 1. The van der Waals surface area contributed by atoms with Crippen molar-refractivity contribution in [2.24, 2.45) is 0 Å². The third kappa shape index (κ3) is 1.51.